The Kier molecular flexibility index (Phi) is 7.47. The molecule has 2 amide bonds. The van der Waals surface area contributed by atoms with E-state index in [1.54, 1.807) is 50.6 Å². The molecule has 1 N–H and O–H groups in total. The molecule has 138 valence electrons. The van der Waals surface area contributed by atoms with Gasteiger partial charge in [0.05, 0.1) is 19.4 Å². The topological polar surface area (TPSA) is 58.6 Å². The number of methoxy groups -OCH3 is 1. The number of benzene rings is 2. The largest absolute Gasteiger partial charge is 0.497 e. The molecule has 2 aromatic rings. The quantitative estimate of drug-likeness (QED) is 0.769. The zero-order valence-electron chi connectivity index (χ0n) is 14.7. The number of hydrogen-bond donors (Lipinski definition) is 1. The summed E-state index contributed by atoms with van der Waals surface area (Å²) in [4.78, 5) is 25.5. The molecule has 0 aromatic heterocycles. The highest BCUT2D eigenvalue weighted by molar-refractivity contribution is 7.99. The lowest BCUT2D eigenvalue weighted by Gasteiger charge is -2.16. The zero-order chi connectivity index (χ0) is 18.9. The molecule has 0 aliphatic heterocycles. The fraction of sp³-hybridized carbons (Fsp3) is 0.263. The van der Waals surface area contributed by atoms with Gasteiger partial charge in [0.15, 0.2) is 0 Å². The fourth-order valence-electron chi connectivity index (χ4n) is 2.13. The van der Waals surface area contributed by atoms with E-state index in [9.17, 15) is 14.0 Å². The minimum absolute atomic E-state index is 0.0258. The Morgan fingerprint density at radius 3 is 2.38 bits per heavy atom. The zero-order valence-corrected chi connectivity index (χ0v) is 15.5. The molecule has 0 saturated carbocycles. The third-order valence-electron chi connectivity index (χ3n) is 3.59. The monoisotopic (exact) mass is 376 g/mol. The van der Waals surface area contributed by atoms with Gasteiger partial charge < -0.3 is 15.0 Å². The number of anilines is 1. The normalized spacial score (nSPS) is 10.3. The number of carbonyl (C=O) groups is 2. The number of amides is 2. The Morgan fingerprint density at radius 1 is 1.12 bits per heavy atom. The minimum atomic E-state index is -0.280. The lowest BCUT2D eigenvalue weighted by molar-refractivity contribution is -0.131. The maximum Gasteiger partial charge on any atom is 0.243 e. The summed E-state index contributed by atoms with van der Waals surface area (Å²) in [5, 5.41) is 2.74. The van der Waals surface area contributed by atoms with Crippen molar-refractivity contribution in [1.29, 1.82) is 0 Å². The number of carbonyl (C=O) groups excluding carboxylic acids is 2. The van der Waals surface area contributed by atoms with Gasteiger partial charge in [0, 0.05) is 18.5 Å². The van der Waals surface area contributed by atoms with Crippen molar-refractivity contribution in [3.63, 3.8) is 0 Å². The molecule has 0 radical (unpaired) electrons. The Hall–Kier alpha value is -2.54. The van der Waals surface area contributed by atoms with Crippen LogP contribution in [0.5, 0.6) is 5.75 Å². The Bertz CT molecular complexity index is 735. The number of halogens is 1. The Labute approximate surface area is 156 Å². The summed E-state index contributed by atoms with van der Waals surface area (Å²) < 4.78 is 17.9. The summed E-state index contributed by atoms with van der Waals surface area (Å²) in [6, 6.07) is 13.1. The number of nitrogens with zero attached hydrogens (tertiary/aromatic N) is 1. The van der Waals surface area contributed by atoms with E-state index in [4.69, 9.17) is 4.74 Å². The molecule has 0 fully saturated rings. The third kappa shape index (κ3) is 6.40. The first kappa shape index (κ1) is 19.8. The first-order valence-electron chi connectivity index (χ1n) is 7.98. The first-order chi connectivity index (χ1) is 12.5. The Balaban J connectivity index is 1.72. The van der Waals surface area contributed by atoms with Crippen molar-refractivity contribution in [2.45, 2.75) is 5.75 Å². The van der Waals surface area contributed by atoms with Crippen LogP contribution >= 0.6 is 11.8 Å². The number of thioether (sulfide) groups is 1. The highest BCUT2D eigenvalue weighted by atomic mass is 32.2. The standard InChI is InChI=1S/C19H21FN2O3S/c1-22(11-18(23)21-16-7-9-17(25-2)10-8-16)19(24)13-26-12-14-3-5-15(20)6-4-14/h3-10H,11-13H2,1-2H3,(H,21,23). The highest BCUT2D eigenvalue weighted by Crippen LogP contribution is 2.15. The van der Waals surface area contributed by atoms with E-state index in [-0.39, 0.29) is 29.9 Å². The summed E-state index contributed by atoms with van der Waals surface area (Å²) in [6.07, 6.45) is 0. The van der Waals surface area contributed by atoms with E-state index in [2.05, 4.69) is 5.32 Å². The molecule has 0 spiro atoms. The van der Waals surface area contributed by atoms with Gasteiger partial charge in [-0.05, 0) is 42.0 Å². The van der Waals surface area contributed by atoms with E-state index < -0.39 is 0 Å². The van der Waals surface area contributed by atoms with E-state index >= 15 is 0 Å². The summed E-state index contributed by atoms with van der Waals surface area (Å²) >= 11 is 1.42. The molecule has 0 aliphatic carbocycles. The van der Waals surface area contributed by atoms with E-state index in [1.807, 2.05) is 0 Å². The maximum absolute atomic E-state index is 12.8. The van der Waals surface area contributed by atoms with Crippen LogP contribution in [0.15, 0.2) is 48.5 Å². The SMILES string of the molecule is COc1ccc(NC(=O)CN(C)C(=O)CSCc2ccc(F)cc2)cc1. The minimum Gasteiger partial charge on any atom is -0.497 e. The summed E-state index contributed by atoms with van der Waals surface area (Å²) in [6.45, 7) is -0.0258. The number of likely N-dealkylation sites (N-methyl/N-ethyl adjacent to an activating group) is 1. The number of ether oxygens (including phenoxy) is 1. The summed E-state index contributed by atoms with van der Waals surface area (Å²) in [5.74, 6) is 0.879. The van der Waals surface area contributed by atoms with Crippen LogP contribution in [0.4, 0.5) is 10.1 Å². The summed E-state index contributed by atoms with van der Waals surface area (Å²) in [5.41, 5.74) is 1.59. The van der Waals surface area contributed by atoms with Crippen molar-refractivity contribution in [3.8, 4) is 5.75 Å². The van der Waals surface area contributed by atoms with Crippen LogP contribution in [-0.2, 0) is 15.3 Å². The molecule has 26 heavy (non-hydrogen) atoms. The fourth-order valence-corrected chi connectivity index (χ4v) is 3.05. The molecular formula is C19H21FN2O3S. The second kappa shape index (κ2) is 9.82. The van der Waals surface area contributed by atoms with Crippen molar-refractivity contribution in [1.82, 2.24) is 4.90 Å². The molecular weight excluding hydrogens is 355 g/mol. The van der Waals surface area contributed by atoms with Gasteiger partial charge in [-0.15, -0.1) is 11.8 Å². The third-order valence-corrected chi connectivity index (χ3v) is 4.58. The number of rotatable bonds is 8. The van der Waals surface area contributed by atoms with Crippen molar-refractivity contribution < 1.29 is 18.7 Å². The van der Waals surface area contributed by atoms with Gasteiger partial charge in [0.1, 0.15) is 11.6 Å². The van der Waals surface area contributed by atoms with Crippen LogP contribution in [0.2, 0.25) is 0 Å². The van der Waals surface area contributed by atoms with Crippen LogP contribution in [-0.4, -0.2) is 43.2 Å². The average molecular weight is 376 g/mol. The van der Waals surface area contributed by atoms with E-state index in [1.165, 1.54) is 28.8 Å². The molecule has 7 heteroatoms. The van der Waals surface area contributed by atoms with Gasteiger partial charge >= 0.3 is 0 Å². The molecule has 0 saturated heterocycles. The van der Waals surface area contributed by atoms with Crippen LogP contribution in [0.3, 0.4) is 0 Å². The lowest BCUT2D eigenvalue weighted by Crippen LogP contribution is -2.35. The van der Waals surface area contributed by atoms with Crippen molar-refractivity contribution in [2.75, 3.05) is 31.8 Å². The second-order valence-electron chi connectivity index (χ2n) is 5.65. The maximum atomic E-state index is 12.8. The van der Waals surface area contributed by atoms with Gasteiger partial charge in [-0.1, -0.05) is 12.1 Å². The van der Waals surface area contributed by atoms with E-state index in [0.29, 0.717) is 17.2 Å². The van der Waals surface area contributed by atoms with Crippen molar-refractivity contribution in [3.05, 3.63) is 59.9 Å². The van der Waals surface area contributed by atoms with Crippen LogP contribution < -0.4 is 10.1 Å². The lowest BCUT2D eigenvalue weighted by atomic mass is 10.2. The van der Waals surface area contributed by atoms with Gasteiger partial charge in [-0.25, -0.2) is 4.39 Å². The van der Waals surface area contributed by atoms with Gasteiger partial charge in [0.25, 0.3) is 0 Å². The number of nitrogens with one attached hydrogen (secondary N) is 1. The predicted molar refractivity (Wildman–Crippen MR) is 102 cm³/mol. The van der Waals surface area contributed by atoms with Gasteiger partial charge in [-0.3, -0.25) is 9.59 Å². The molecule has 5 nitrogen and oxygen atoms in total. The molecule has 2 aromatic carbocycles. The smallest absolute Gasteiger partial charge is 0.243 e. The average Bonchev–Trinajstić information content (AvgIpc) is 2.63. The Morgan fingerprint density at radius 2 is 1.77 bits per heavy atom. The van der Waals surface area contributed by atoms with Crippen LogP contribution in [0, 0.1) is 5.82 Å². The highest BCUT2D eigenvalue weighted by Gasteiger charge is 2.13. The van der Waals surface area contributed by atoms with Crippen molar-refractivity contribution >= 4 is 29.3 Å². The molecule has 0 aliphatic rings. The van der Waals surface area contributed by atoms with Crippen LogP contribution in [0.1, 0.15) is 5.56 Å². The molecule has 2 rings (SSSR count). The van der Waals surface area contributed by atoms with E-state index in [0.717, 1.165) is 5.56 Å². The molecule has 0 atom stereocenters. The molecule has 0 heterocycles. The van der Waals surface area contributed by atoms with Gasteiger partial charge in [0.2, 0.25) is 11.8 Å². The first-order valence-corrected chi connectivity index (χ1v) is 9.13. The number of hydrogen-bond acceptors (Lipinski definition) is 4. The van der Waals surface area contributed by atoms with Crippen molar-refractivity contribution in [2.24, 2.45) is 0 Å². The predicted octanol–water partition coefficient (Wildman–Crippen LogP) is 3.16. The molecule has 0 bridgehead atoms. The van der Waals surface area contributed by atoms with Gasteiger partial charge in [-0.2, -0.15) is 0 Å². The second-order valence-corrected chi connectivity index (χ2v) is 6.63. The van der Waals surface area contributed by atoms with Crippen LogP contribution in [0.25, 0.3) is 0 Å². The molecule has 0 unspecified atom stereocenters. The summed E-state index contributed by atoms with van der Waals surface area (Å²) in [7, 11) is 3.16.